The summed E-state index contributed by atoms with van der Waals surface area (Å²) in [5.74, 6) is -0.320. The molecule has 8 heteroatoms. The van der Waals surface area contributed by atoms with Gasteiger partial charge in [0.15, 0.2) is 0 Å². The van der Waals surface area contributed by atoms with E-state index in [1.807, 2.05) is 37.3 Å². The van der Waals surface area contributed by atoms with Gasteiger partial charge in [0.2, 0.25) is 5.91 Å². The van der Waals surface area contributed by atoms with Crippen molar-refractivity contribution in [2.45, 2.75) is 26.8 Å². The Hall–Kier alpha value is -2.48. The van der Waals surface area contributed by atoms with Crippen molar-refractivity contribution in [3.05, 3.63) is 79.1 Å². The Morgan fingerprint density at radius 2 is 1.97 bits per heavy atom. The van der Waals surface area contributed by atoms with E-state index in [2.05, 4.69) is 33.2 Å². The van der Waals surface area contributed by atoms with Crippen LogP contribution in [0.3, 0.4) is 0 Å². The van der Waals surface area contributed by atoms with Gasteiger partial charge in [-0.1, -0.05) is 52.7 Å². The quantitative estimate of drug-likeness (QED) is 0.351. The molecule has 0 unspecified atom stereocenters. The number of amides is 1. The van der Waals surface area contributed by atoms with Crippen LogP contribution in [0.2, 0.25) is 5.02 Å². The lowest BCUT2D eigenvalue weighted by Crippen LogP contribution is -2.27. The van der Waals surface area contributed by atoms with Crippen LogP contribution in [0, 0.1) is 6.92 Å². The third kappa shape index (κ3) is 4.44. The number of aryl methyl sites for hydroxylation is 2. The van der Waals surface area contributed by atoms with Crippen molar-refractivity contribution in [3.63, 3.8) is 0 Å². The molecule has 2 aromatic carbocycles. The molecule has 4 aromatic rings. The number of fused-ring (bicyclic) bond motifs is 1. The van der Waals surface area contributed by atoms with Gasteiger partial charge in [-0.2, -0.15) is 0 Å². The topological polar surface area (TPSA) is 64.0 Å². The van der Waals surface area contributed by atoms with Gasteiger partial charge in [0.05, 0.1) is 11.7 Å². The maximum atomic E-state index is 13.3. The predicted octanol–water partition coefficient (Wildman–Crippen LogP) is 6.05. The van der Waals surface area contributed by atoms with E-state index in [9.17, 15) is 9.59 Å². The Kier molecular flexibility index (Phi) is 6.27. The number of hydrogen-bond acceptors (Lipinski definition) is 4. The first-order valence-electron chi connectivity index (χ1n) is 9.70. The summed E-state index contributed by atoms with van der Waals surface area (Å²) in [4.78, 5) is 32.1. The number of thiophene rings is 1. The van der Waals surface area contributed by atoms with Crippen LogP contribution in [0.15, 0.2) is 58.1 Å². The van der Waals surface area contributed by atoms with Crippen molar-refractivity contribution in [1.29, 1.82) is 0 Å². The standard InChI is InChI=1S/C23H19BrClN3O2S/c1-3-18-20(14-5-7-15(24)8-6-14)21-22(31-18)26-12-28(23(21)30)11-19(29)27-16-9-4-13(2)17(25)10-16/h4-10,12H,3,11H2,1-2H3,(H,27,29). The summed E-state index contributed by atoms with van der Waals surface area (Å²) in [5, 5.41) is 3.91. The number of halogens is 2. The summed E-state index contributed by atoms with van der Waals surface area (Å²) >= 11 is 11.1. The van der Waals surface area contributed by atoms with E-state index in [-0.39, 0.29) is 18.0 Å². The fourth-order valence-electron chi connectivity index (χ4n) is 3.38. The zero-order valence-electron chi connectivity index (χ0n) is 16.9. The number of nitrogens with one attached hydrogen (secondary N) is 1. The summed E-state index contributed by atoms with van der Waals surface area (Å²) in [6.07, 6.45) is 2.23. The molecule has 2 heterocycles. The molecule has 4 rings (SSSR count). The Labute approximate surface area is 196 Å². The van der Waals surface area contributed by atoms with Crippen LogP contribution in [0.5, 0.6) is 0 Å². The normalized spacial score (nSPS) is 11.1. The SMILES string of the molecule is CCc1sc2ncn(CC(=O)Nc3ccc(C)c(Cl)c3)c(=O)c2c1-c1ccc(Br)cc1. The number of carbonyl (C=O) groups is 1. The Balaban J connectivity index is 1.71. The molecule has 0 aliphatic carbocycles. The number of anilines is 1. The summed E-state index contributed by atoms with van der Waals surface area (Å²) in [7, 11) is 0. The van der Waals surface area contributed by atoms with Gasteiger partial charge in [0.25, 0.3) is 5.56 Å². The van der Waals surface area contributed by atoms with Crippen LogP contribution in [0.4, 0.5) is 5.69 Å². The second kappa shape index (κ2) is 8.94. The molecule has 0 spiro atoms. The molecule has 0 atom stereocenters. The van der Waals surface area contributed by atoms with Gasteiger partial charge < -0.3 is 5.32 Å². The van der Waals surface area contributed by atoms with Crippen molar-refractivity contribution in [3.8, 4) is 11.1 Å². The number of nitrogens with zero attached hydrogens (tertiary/aromatic N) is 2. The molecule has 0 radical (unpaired) electrons. The zero-order chi connectivity index (χ0) is 22.1. The molecule has 2 aromatic heterocycles. The van der Waals surface area contributed by atoms with E-state index in [4.69, 9.17) is 11.6 Å². The number of rotatable bonds is 5. The van der Waals surface area contributed by atoms with Gasteiger partial charge in [0.1, 0.15) is 11.4 Å². The van der Waals surface area contributed by atoms with E-state index in [1.54, 1.807) is 12.1 Å². The van der Waals surface area contributed by atoms with Crippen LogP contribution in [-0.2, 0) is 17.8 Å². The van der Waals surface area contributed by atoms with Crippen LogP contribution >= 0.6 is 38.9 Å². The van der Waals surface area contributed by atoms with Crippen LogP contribution in [-0.4, -0.2) is 15.5 Å². The highest BCUT2D eigenvalue weighted by Gasteiger charge is 2.19. The average molecular weight is 517 g/mol. The van der Waals surface area contributed by atoms with Crippen molar-refractivity contribution in [2.75, 3.05) is 5.32 Å². The number of hydrogen-bond donors (Lipinski definition) is 1. The van der Waals surface area contributed by atoms with Gasteiger partial charge in [0, 0.05) is 25.6 Å². The predicted molar refractivity (Wildman–Crippen MR) is 131 cm³/mol. The maximum Gasteiger partial charge on any atom is 0.263 e. The summed E-state index contributed by atoms with van der Waals surface area (Å²) < 4.78 is 2.32. The third-order valence-electron chi connectivity index (χ3n) is 4.98. The molecule has 0 bridgehead atoms. The van der Waals surface area contributed by atoms with Gasteiger partial charge in [-0.25, -0.2) is 4.98 Å². The molecule has 1 N–H and O–H groups in total. The highest BCUT2D eigenvalue weighted by Crippen LogP contribution is 2.36. The summed E-state index contributed by atoms with van der Waals surface area (Å²) in [6.45, 7) is 3.82. The van der Waals surface area contributed by atoms with Gasteiger partial charge in [-0.15, -0.1) is 11.3 Å². The molecule has 158 valence electrons. The number of benzene rings is 2. The van der Waals surface area contributed by atoms with Crippen molar-refractivity contribution in [1.82, 2.24) is 9.55 Å². The fraction of sp³-hybridized carbons (Fsp3) is 0.174. The number of aromatic nitrogens is 2. The molecule has 0 aliphatic rings. The molecule has 0 aliphatic heterocycles. The molecular weight excluding hydrogens is 498 g/mol. The Bertz CT molecular complexity index is 1350. The fourth-order valence-corrected chi connectivity index (χ4v) is 4.92. The minimum absolute atomic E-state index is 0.135. The molecule has 0 saturated carbocycles. The second-order valence-corrected chi connectivity index (χ2v) is 9.54. The van der Waals surface area contributed by atoms with Gasteiger partial charge >= 0.3 is 0 Å². The lowest BCUT2D eigenvalue weighted by molar-refractivity contribution is -0.116. The maximum absolute atomic E-state index is 13.3. The van der Waals surface area contributed by atoms with Gasteiger partial charge in [-0.05, 0) is 48.7 Å². The average Bonchev–Trinajstić information content (AvgIpc) is 3.13. The highest BCUT2D eigenvalue weighted by atomic mass is 79.9. The summed E-state index contributed by atoms with van der Waals surface area (Å²) in [6, 6.07) is 13.2. The molecule has 1 amide bonds. The molecule has 5 nitrogen and oxygen atoms in total. The smallest absolute Gasteiger partial charge is 0.263 e. The zero-order valence-corrected chi connectivity index (χ0v) is 20.1. The first kappa shape index (κ1) is 21.7. The van der Waals surface area contributed by atoms with Crippen LogP contribution < -0.4 is 10.9 Å². The lowest BCUT2D eigenvalue weighted by atomic mass is 10.0. The lowest BCUT2D eigenvalue weighted by Gasteiger charge is -2.09. The van der Waals surface area contributed by atoms with Crippen molar-refractivity contribution < 1.29 is 4.79 Å². The summed E-state index contributed by atoms with van der Waals surface area (Å²) in [5.41, 5.74) is 3.14. The van der Waals surface area contributed by atoms with Gasteiger partial charge in [-0.3, -0.25) is 14.2 Å². The van der Waals surface area contributed by atoms with E-state index >= 15 is 0 Å². The molecular formula is C23H19BrClN3O2S. The monoisotopic (exact) mass is 515 g/mol. The Morgan fingerprint density at radius 1 is 1.23 bits per heavy atom. The van der Waals surface area contributed by atoms with E-state index in [1.165, 1.54) is 22.2 Å². The van der Waals surface area contributed by atoms with E-state index in [0.717, 1.165) is 32.5 Å². The first-order valence-corrected chi connectivity index (χ1v) is 11.7. The number of carbonyl (C=O) groups excluding carboxylic acids is 1. The van der Waals surface area contributed by atoms with Crippen molar-refractivity contribution in [2.24, 2.45) is 0 Å². The molecule has 0 fully saturated rings. The van der Waals surface area contributed by atoms with Crippen molar-refractivity contribution >= 4 is 60.7 Å². The van der Waals surface area contributed by atoms with Crippen LogP contribution in [0.1, 0.15) is 17.4 Å². The first-order chi connectivity index (χ1) is 14.9. The molecule has 31 heavy (non-hydrogen) atoms. The largest absolute Gasteiger partial charge is 0.324 e. The van der Waals surface area contributed by atoms with E-state index < -0.39 is 0 Å². The minimum atomic E-state index is -0.320. The second-order valence-electron chi connectivity index (χ2n) is 7.13. The highest BCUT2D eigenvalue weighted by molar-refractivity contribution is 9.10. The Morgan fingerprint density at radius 3 is 2.65 bits per heavy atom. The van der Waals surface area contributed by atoms with Crippen LogP contribution in [0.25, 0.3) is 21.3 Å². The van der Waals surface area contributed by atoms with E-state index in [0.29, 0.717) is 20.9 Å². The molecule has 0 saturated heterocycles. The third-order valence-corrected chi connectivity index (χ3v) is 7.15. The minimum Gasteiger partial charge on any atom is -0.324 e.